The number of ether oxygens (including phenoxy) is 1. The van der Waals surface area contributed by atoms with Gasteiger partial charge in [0.2, 0.25) is 5.91 Å². The number of carbonyl (C=O) groups is 1. The maximum atomic E-state index is 12.7. The molecule has 2 aromatic heterocycles. The number of fused-ring (bicyclic) bond motifs is 1. The summed E-state index contributed by atoms with van der Waals surface area (Å²) in [5.74, 6) is 0.994. The van der Waals surface area contributed by atoms with Gasteiger partial charge in [-0.25, -0.2) is 4.79 Å². The van der Waals surface area contributed by atoms with Crippen LogP contribution in [-0.2, 0) is 28.9 Å². The van der Waals surface area contributed by atoms with Gasteiger partial charge in [0.05, 0.1) is 19.0 Å². The minimum absolute atomic E-state index is 0.169. The molecule has 0 saturated carbocycles. The van der Waals surface area contributed by atoms with Gasteiger partial charge in [0.15, 0.2) is 5.82 Å². The van der Waals surface area contributed by atoms with Crippen molar-refractivity contribution in [2.45, 2.75) is 37.8 Å². The number of carbonyl (C=O) groups excluding carboxylic acids is 1. The summed E-state index contributed by atoms with van der Waals surface area (Å²) in [7, 11) is 0. The number of nitrogens with one attached hydrogen (secondary N) is 1. The van der Waals surface area contributed by atoms with Crippen LogP contribution in [0, 0.1) is 6.92 Å². The highest BCUT2D eigenvalue weighted by Crippen LogP contribution is 2.29. The Hall–Kier alpha value is -2.17. The molecular formula is C19H25N5O4S. The lowest BCUT2D eigenvalue weighted by Crippen LogP contribution is -2.40. The number of aryl methyl sites for hydroxylation is 1. The summed E-state index contributed by atoms with van der Waals surface area (Å²) >= 11 is 1.31. The smallest absolute Gasteiger partial charge is 0.348 e. The van der Waals surface area contributed by atoms with Crippen molar-refractivity contribution in [3.05, 3.63) is 33.6 Å². The van der Waals surface area contributed by atoms with Gasteiger partial charge in [0.25, 0.3) is 0 Å². The van der Waals surface area contributed by atoms with Crippen molar-refractivity contribution >= 4 is 23.5 Å². The molecule has 10 heteroatoms. The molecule has 1 saturated heterocycles. The summed E-state index contributed by atoms with van der Waals surface area (Å²) in [6.45, 7) is 6.53. The fraction of sp³-hybridized carbons (Fsp3) is 0.579. The van der Waals surface area contributed by atoms with Crippen LogP contribution in [0.3, 0.4) is 0 Å². The standard InChI is InChI=1S/C19H25N5O4S/c1-13-11-16(22-28-13)20-17(25)12-29-18-14-3-2-4-15(14)24(19(26)21-18)6-5-23-7-9-27-10-8-23/h11H,2-10,12H2,1H3,(H,20,22,25). The van der Waals surface area contributed by atoms with Crippen LogP contribution < -0.4 is 11.0 Å². The third kappa shape index (κ3) is 4.88. The van der Waals surface area contributed by atoms with E-state index in [4.69, 9.17) is 9.26 Å². The van der Waals surface area contributed by atoms with E-state index in [1.54, 1.807) is 13.0 Å². The van der Waals surface area contributed by atoms with Gasteiger partial charge < -0.3 is 14.6 Å². The molecule has 0 spiro atoms. The normalized spacial score (nSPS) is 16.7. The average Bonchev–Trinajstić information content (AvgIpc) is 3.35. The highest BCUT2D eigenvalue weighted by atomic mass is 32.2. The lowest BCUT2D eigenvalue weighted by molar-refractivity contribution is -0.113. The molecule has 2 aliphatic rings. The average molecular weight is 420 g/mol. The van der Waals surface area contributed by atoms with Gasteiger partial charge in [-0.3, -0.25) is 14.3 Å². The first-order valence-corrected chi connectivity index (χ1v) is 10.9. The first kappa shape index (κ1) is 20.1. The van der Waals surface area contributed by atoms with Gasteiger partial charge in [-0.05, 0) is 26.2 Å². The number of rotatable bonds is 7. The molecule has 1 amide bonds. The van der Waals surface area contributed by atoms with E-state index in [0.29, 0.717) is 23.1 Å². The predicted molar refractivity (Wildman–Crippen MR) is 108 cm³/mol. The summed E-state index contributed by atoms with van der Waals surface area (Å²) in [5, 5.41) is 7.13. The van der Waals surface area contributed by atoms with Crippen molar-refractivity contribution in [1.29, 1.82) is 0 Å². The van der Waals surface area contributed by atoms with Gasteiger partial charge in [-0.2, -0.15) is 4.98 Å². The Morgan fingerprint density at radius 1 is 1.28 bits per heavy atom. The third-order valence-electron chi connectivity index (χ3n) is 5.18. The molecule has 9 nitrogen and oxygen atoms in total. The molecule has 0 aromatic carbocycles. The summed E-state index contributed by atoms with van der Waals surface area (Å²) in [6.07, 6.45) is 2.79. The molecule has 1 aliphatic carbocycles. The van der Waals surface area contributed by atoms with Crippen molar-refractivity contribution in [2.24, 2.45) is 0 Å². The van der Waals surface area contributed by atoms with Crippen molar-refractivity contribution in [1.82, 2.24) is 19.6 Å². The molecule has 1 N–H and O–H groups in total. The molecule has 1 fully saturated rings. The van der Waals surface area contributed by atoms with Crippen LogP contribution in [0.2, 0.25) is 0 Å². The molecule has 29 heavy (non-hydrogen) atoms. The number of morpholine rings is 1. The Kier molecular flexibility index (Phi) is 6.31. The van der Waals surface area contributed by atoms with Crippen LogP contribution in [0.1, 0.15) is 23.4 Å². The fourth-order valence-electron chi connectivity index (χ4n) is 3.74. The molecule has 1 aliphatic heterocycles. The number of anilines is 1. The van der Waals surface area contributed by atoms with Gasteiger partial charge in [0, 0.05) is 43.5 Å². The van der Waals surface area contributed by atoms with Crippen LogP contribution in [0.15, 0.2) is 20.4 Å². The quantitative estimate of drug-likeness (QED) is 0.526. The summed E-state index contributed by atoms with van der Waals surface area (Å²) in [6, 6.07) is 1.66. The zero-order chi connectivity index (χ0) is 20.2. The van der Waals surface area contributed by atoms with Crippen LogP contribution in [0.4, 0.5) is 5.82 Å². The van der Waals surface area contributed by atoms with E-state index >= 15 is 0 Å². The maximum Gasteiger partial charge on any atom is 0.348 e. The van der Waals surface area contributed by atoms with E-state index in [0.717, 1.165) is 63.4 Å². The highest BCUT2D eigenvalue weighted by molar-refractivity contribution is 8.00. The Bertz CT molecular complexity index is 935. The number of hydrogen-bond acceptors (Lipinski definition) is 8. The molecule has 0 unspecified atom stereocenters. The van der Waals surface area contributed by atoms with E-state index in [2.05, 4.69) is 20.4 Å². The second-order valence-corrected chi connectivity index (χ2v) is 8.21. The molecule has 156 valence electrons. The lowest BCUT2D eigenvalue weighted by Gasteiger charge is -2.27. The highest BCUT2D eigenvalue weighted by Gasteiger charge is 2.23. The minimum Gasteiger partial charge on any atom is -0.379 e. The number of amides is 1. The predicted octanol–water partition coefficient (Wildman–Crippen LogP) is 1.09. The summed E-state index contributed by atoms with van der Waals surface area (Å²) in [4.78, 5) is 31.5. The second kappa shape index (κ2) is 9.10. The molecule has 4 rings (SSSR count). The van der Waals surface area contributed by atoms with Crippen LogP contribution in [-0.4, -0.2) is 64.1 Å². The van der Waals surface area contributed by atoms with Gasteiger partial charge in [-0.15, -0.1) is 0 Å². The molecule has 0 bridgehead atoms. The molecule has 0 atom stereocenters. The summed E-state index contributed by atoms with van der Waals surface area (Å²) < 4.78 is 12.1. The minimum atomic E-state index is -0.228. The lowest BCUT2D eigenvalue weighted by atomic mass is 10.2. The molecular weight excluding hydrogens is 394 g/mol. The van der Waals surface area contributed by atoms with Gasteiger partial charge >= 0.3 is 5.69 Å². The summed E-state index contributed by atoms with van der Waals surface area (Å²) in [5.41, 5.74) is 1.96. The number of thioether (sulfide) groups is 1. The molecule has 2 aromatic rings. The van der Waals surface area contributed by atoms with Gasteiger partial charge in [-0.1, -0.05) is 16.9 Å². The second-order valence-electron chi connectivity index (χ2n) is 7.24. The Balaban J connectivity index is 1.41. The maximum absolute atomic E-state index is 12.7. The zero-order valence-electron chi connectivity index (χ0n) is 16.5. The fourth-order valence-corrected chi connectivity index (χ4v) is 4.62. The van der Waals surface area contributed by atoms with Crippen molar-refractivity contribution in [3.8, 4) is 0 Å². The van der Waals surface area contributed by atoms with E-state index in [9.17, 15) is 9.59 Å². The van der Waals surface area contributed by atoms with Gasteiger partial charge in [0.1, 0.15) is 10.8 Å². The van der Waals surface area contributed by atoms with Crippen LogP contribution in [0.25, 0.3) is 0 Å². The van der Waals surface area contributed by atoms with Crippen molar-refractivity contribution in [2.75, 3.05) is 43.9 Å². The van der Waals surface area contributed by atoms with Crippen LogP contribution in [0.5, 0.6) is 0 Å². The largest absolute Gasteiger partial charge is 0.379 e. The Morgan fingerprint density at radius 2 is 2.10 bits per heavy atom. The monoisotopic (exact) mass is 419 g/mol. The zero-order valence-corrected chi connectivity index (χ0v) is 17.3. The van der Waals surface area contributed by atoms with Crippen molar-refractivity contribution < 1.29 is 14.1 Å². The number of aromatic nitrogens is 3. The SMILES string of the molecule is Cc1cc(NC(=O)CSc2nc(=O)n(CCN3CCOCC3)c3c2CCC3)no1. The Morgan fingerprint density at radius 3 is 2.86 bits per heavy atom. The first-order valence-electron chi connectivity index (χ1n) is 9.89. The first-order chi connectivity index (χ1) is 14.1. The Labute approximate surface area is 172 Å². The van der Waals surface area contributed by atoms with Crippen LogP contribution >= 0.6 is 11.8 Å². The third-order valence-corrected chi connectivity index (χ3v) is 6.20. The van der Waals surface area contributed by atoms with E-state index in [1.165, 1.54) is 11.8 Å². The molecule has 3 heterocycles. The number of hydrogen-bond donors (Lipinski definition) is 1. The van der Waals surface area contributed by atoms with E-state index < -0.39 is 0 Å². The van der Waals surface area contributed by atoms with Crippen molar-refractivity contribution in [3.63, 3.8) is 0 Å². The van der Waals surface area contributed by atoms with E-state index in [-0.39, 0.29) is 17.3 Å². The topological polar surface area (TPSA) is 102 Å². The van der Waals surface area contributed by atoms with E-state index in [1.807, 2.05) is 4.57 Å². The number of nitrogens with zero attached hydrogens (tertiary/aromatic N) is 4. The molecule has 0 radical (unpaired) electrons.